The first-order valence-electron chi connectivity index (χ1n) is 11.5. The number of ether oxygens (including phenoxy) is 1. The van der Waals surface area contributed by atoms with E-state index in [1.807, 2.05) is 24.3 Å². The second-order valence-electron chi connectivity index (χ2n) is 9.25. The molecular formula is C25H28F3N3O2. The highest BCUT2D eigenvalue weighted by atomic mass is 19.4. The van der Waals surface area contributed by atoms with E-state index in [0.29, 0.717) is 37.5 Å². The molecule has 2 heterocycles. The van der Waals surface area contributed by atoms with Gasteiger partial charge in [0.05, 0.1) is 24.6 Å². The molecule has 2 aromatic rings. The fourth-order valence-corrected chi connectivity index (χ4v) is 5.02. The third-order valence-electron chi connectivity index (χ3n) is 7.08. The van der Waals surface area contributed by atoms with Crippen LogP contribution in [0.25, 0.3) is 0 Å². The molecule has 8 heteroatoms. The van der Waals surface area contributed by atoms with Gasteiger partial charge in [-0.3, -0.25) is 4.79 Å². The lowest BCUT2D eigenvalue weighted by molar-refractivity contribution is -0.137. The van der Waals surface area contributed by atoms with Gasteiger partial charge < -0.3 is 19.9 Å². The summed E-state index contributed by atoms with van der Waals surface area (Å²) in [6, 6.07) is 11.7. The minimum Gasteiger partial charge on any atom is -0.497 e. The molecule has 3 aliphatic rings. The number of benzene rings is 2. The molecule has 2 aliphatic heterocycles. The van der Waals surface area contributed by atoms with Crippen molar-refractivity contribution in [1.29, 1.82) is 0 Å². The standard InChI is InChI=1S/C25H28F3N3O2/c1-33-20-7-5-19(6-8-20)30-10-11-31-22-9-4-18(25(26,27)28)12-17(22)13-21(23(31)15-30)24(32)29-14-16-2-3-16/h4-9,12,16,21,23H,2-3,10-11,13-15H2,1H3,(H,29,32)/t21-,23+/m1/s1. The first-order valence-corrected chi connectivity index (χ1v) is 11.5. The van der Waals surface area contributed by atoms with Crippen molar-refractivity contribution in [2.24, 2.45) is 11.8 Å². The highest BCUT2D eigenvalue weighted by Gasteiger charge is 2.43. The Bertz CT molecular complexity index is 1020. The summed E-state index contributed by atoms with van der Waals surface area (Å²) in [5, 5.41) is 3.07. The van der Waals surface area contributed by atoms with Crippen molar-refractivity contribution >= 4 is 17.3 Å². The minimum absolute atomic E-state index is 0.0588. The average Bonchev–Trinajstić information content (AvgIpc) is 3.65. The second kappa shape index (κ2) is 8.47. The van der Waals surface area contributed by atoms with E-state index < -0.39 is 17.7 Å². The Hall–Kier alpha value is -2.90. The van der Waals surface area contributed by atoms with E-state index in [0.717, 1.165) is 42.6 Å². The van der Waals surface area contributed by atoms with Crippen LogP contribution in [0.4, 0.5) is 24.5 Å². The summed E-state index contributed by atoms with van der Waals surface area (Å²) in [4.78, 5) is 17.6. The number of carbonyl (C=O) groups excluding carboxylic acids is 1. The number of methoxy groups -OCH3 is 1. The smallest absolute Gasteiger partial charge is 0.416 e. The van der Waals surface area contributed by atoms with E-state index >= 15 is 0 Å². The molecule has 5 nitrogen and oxygen atoms in total. The number of amides is 1. The van der Waals surface area contributed by atoms with Gasteiger partial charge in [0, 0.05) is 37.6 Å². The lowest BCUT2D eigenvalue weighted by Gasteiger charge is -2.49. The number of carbonyl (C=O) groups is 1. The summed E-state index contributed by atoms with van der Waals surface area (Å²) >= 11 is 0. The maximum Gasteiger partial charge on any atom is 0.416 e. The van der Waals surface area contributed by atoms with Gasteiger partial charge in [-0.05, 0) is 73.2 Å². The Labute approximate surface area is 191 Å². The number of rotatable bonds is 5. The summed E-state index contributed by atoms with van der Waals surface area (Å²) < 4.78 is 45.3. The summed E-state index contributed by atoms with van der Waals surface area (Å²) in [5.74, 6) is 0.860. The first kappa shape index (κ1) is 21.9. The number of alkyl halides is 3. The van der Waals surface area contributed by atoms with Gasteiger partial charge in [0.15, 0.2) is 0 Å². The Balaban J connectivity index is 1.43. The Morgan fingerprint density at radius 3 is 2.55 bits per heavy atom. The molecule has 2 atom stereocenters. The van der Waals surface area contributed by atoms with Gasteiger partial charge in [-0.25, -0.2) is 0 Å². The topological polar surface area (TPSA) is 44.8 Å². The molecule has 2 fully saturated rings. The molecule has 1 N–H and O–H groups in total. The molecule has 1 saturated heterocycles. The highest BCUT2D eigenvalue weighted by molar-refractivity contribution is 5.82. The summed E-state index contributed by atoms with van der Waals surface area (Å²) in [7, 11) is 1.63. The number of nitrogens with zero attached hydrogens (tertiary/aromatic N) is 2. The lowest BCUT2D eigenvalue weighted by Crippen LogP contribution is -2.61. The Kier molecular flexibility index (Phi) is 5.62. The number of nitrogens with one attached hydrogen (secondary N) is 1. The Morgan fingerprint density at radius 2 is 1.88 bits per heavy atom. The zero-order valence-electron chi connectivity index (χ0n) is 18.6. The molecule has 1 amide bonds. The van der Waals surface area contributed by atoms with E-state index in [9.17, 15) is 18.0 Å². The van der Waals surface area contributed by atoms with E-state index in [-0.39, 0.29) is 11.9 Å². The minimum atomic E-state index is -4.40. The molecule has 33 heavy (non-hydrogen) atoms. The fraction of sp³-hybridized carbons (Fsp3) is 0.480. The van der Waals surface area contributed by atoms with Crippen LogP contribution >= 0.6 is 0 Å². The number of hydrogen-bond donors (Lipinski definition) is 1. The predicted molar refractivity (Wildman–Crippen MR) is 121 cm³/mol. The van der Waals surface area contributed by atoms with Gasteiger partial charge in [0.1, 0.15) is 5.75 Å². The van der Waals surface area contributed by atoms with Crippen LogP contribution in [0.1, 0.15) is 24.0 Å². The van der Waals surface area contributed by atoms with Crippen molar-refractivity contribution in [3.8, 4) is 5.75 Å². The van der Waals surface area contributed by atoms with Gasteiger partial charge in [0.2, 0.25) is 5.91 Å². The van der Waals surface area contributed by atoms with Crippen LogP contribution in [-0.2, 0) is 17.4 Å². The Morgan fingerprint density at radius 1 is 1.12 bits per heavy atom. The second-order valence-corrected chi connectivity index (χ2v) is 9.25. The average molecular weight is 460 g/mol. The van der Waals surface area contributed by atoms with Crippen LogP contribution in [0.3, 0.4) is 0 Å². The molecule has 1 aliphatic carbocycles. The molecule has 0 aromatic heterocycles. The molecule has 0 spiro atoms. The van der Waals surface area contributed by atoms with Gasteiger partial charge >= 0.3 is 6.18 Å². The monoisotopic (exact) mass is 459 g/mol. The van der Waals surface area contributed by atoms with Crippen LogP contribution in [0, 0.1) is 11.8 Å². The largest absolute Gasteiger partial charge is 0.497 e. The van der Waals surface area contributed by atoms with Crippen molar-refractivity contribution < 1.29 is 22.7 Å². The molecule has 1 saturated carbocycles. The predicted octanol–water partition coefficient (Wildman–Crippen LogP) is 4.11. The fourth-order valence-electron chi connectivity index (χ4n) is 5.02. The summed E-state index contributed by atoms with van der Waals surface area (Å²) in [6.45, 7) is 2.65. The van der Waals surface area contributed by atoms with E-state index in [1.54, 1.807) is 13.2 Å². The quantitative estimate of drug-likeness (QED) is 0.731. The van der Waals surface area contributed by atoms with Crippen molar-refractivity contribution in [3.05, 3.63) is 53.6 Å². The molecule has 0 radical (unpaired) electrons. The van der Waals surface area contributed by atoms with Crippen LogP contribution in [0.2, 0.25) is 0 Å². The molecule has 0 bridgehead atoms. The molecule has 5 rings (SSSR count). The number of anilines is 2. The van der Waals surface area contributed by atoms with Gasteiger partial charge in [-0.15, -0.1) is 0 Å². The van der Waals surface area contributed by atoms with Gasteiger partial charge in [0.25, 0.3) is 0 Å². The van der Waals surface area contributed by atoms with Crippen LogP contribution in [-0.4, -0.2) is 45.2 Å². The van der Waals surface area contributed by atoms with Crippen LogP contribution in [0.5, 0.6) is 5.75 Å². The zero-order chi connectivity index (χ0) is 23.2. The third-order valence-corrected chi connectivity index (χ3v) is 7.08. The van der Waals surface area contributed by atoms with E-state index in [2.05, 4.69) is 15.1 Å². The van der Waals surface area contributed by atoms with Crippen molar-refractivity contribution in [2.75, 3.05) is 43.1 Å². The van der Waals surface area contributed by atoms with Gasteiger partial charge in [-0.2, -0.15) is 13.2 Å². The SMILES string of the molecule is COc1ccc(N2CCN3c4ccc(C(F)(F)F)cc4C[C@@H](C(=O)NCC4CC4)[C@@H]3C2)cc1. The van der Waals surface area contributed by atoms with Crippen molar-refractivity contribution in [1.82, 2.24) is 5.32 Å². The normalized spacial score (nSPS) is 22.4. The molecule has 2 aromatic carbocycles. The molecular weight excluding hydrogens is 431 g/mol. The zero-order valence-corrected chi connectivity index (χ0v) is 18.6. The summed E-state index contributed by atoms with van der Waals surface area (Å²) in [5.41, 5.74) is 1.80. The number of halogens is 3. The van der Waals surface area contributed by atoms with Crippen LogP contribution in [0.15, 0.2) is 42.5 Å². The van der Waals surface area contributed by atoms with E-state index in [4.69, 9.17) is 4.74 Å². The first-order chi connectivity index (χ1) is 15.8. The van der Waals surface area contributed by atoms with Crippen molar-refractivity contribution in [2.45, 2.75) is 31.5 Å². The van der Waals surface area contributed by atoms with Gasteiger partial charge in [-0.1, -0.05) is 0 Å². The maximum absolute atomic E-state index is 13.3. The number of hydrogen-bond acceptors (Lipinski definition) is 4. The third kappa shape index (κ3) is 4.48. The number of fused-ring (bicyclic) bond motifs is 3. The highest BCUT2D eigenvalue weighted by Crippen LogP contribution is 2.40. The van der Waals surface area contributed by atoms with Crippen molar-refractivity contribution in [3.63, 3.8) is 0 Å². The van der Waals surface area contributed by atoms with Crippen LogP contribution < -0.4 is 19.9 Å². The van der Waals surface area contributed by atoms with E-state index in [1.165, 1.54) is 6.07 Å². The summed E-state index contributed by atoms with van der Waals surface area (Å²) in [6.07, 6.45) is -1.83. The molecule has 176 valence electrons. The number of piperazine rings is 1. The molecule has 0 unspecified atom stereocenters. The lowest BCUT2D eigenvalue weighted by atomic mass is 9.82. The maximum atomic E-state index is 13.3.